The summed E-state index contributed by atoms with van der Waals surface area (Å²) in [5.41, 5.74) is 11.3. The molecule has 4 N–H and O–H groups in total. The molecule has 0 radical (unpaired) electrons. The molecular weight excluding hydrogens is 414 g/mol. The fourth-order valence-electron chi connectivity index (χ4n) is 3.27. The van der Waals surface area contributed by atoms with E-state index in [2.05, 4.69) is 0 Å². The van der Waals surface area contributed by atoms with Gasteiger partial charge in [-0.2, -0.15) is 0 Å². The summed E-state index contributed by atoms with van der Waals surface area (Å²) in [6.45, 7) is 0. The van der Waals surface area contributed by atoms with Crippen LogP contribution in [0.5, 0.6) is 0 Å². The standard InChI is InChI=1S/C16H24F4N6P2/c1-23(2)27(17,18)25(15-9-5-13(21)6-10-15)28(19,20,24(3)4)26(27)16-11-7-14(22)8-12-16/h5-12H,21-22H2,1-4H3. The van der Waals surface area contributed by atoms with Gasteiger partial charge in [-0.05, 0) is 0 Å². The zero-order valence-electron chi connectivity index (χ0n) is 16.0. The molecule has 3 rings (SSSR count). The molecule has 1 fully saturated rings. The summed E-state index contributed by atoms with van der Waals surface area (Å²) in [5.74, 6) is 0. The number of rotatable bonds is 4. The first kappa shape index (κ1) is 20.9. The molecule has 1 heterocycles. The molecule has 0 spiro atoms. The van der Waals surface area contributed by atoms with Crippen molar-refractivity contribution in [2.45, 2.75) is 0 Å². The Labute approximate surface area is 161 Å². The predicted molar refractivity (Wildman–Crippen MR) is 112 cm³/mol. The Kier molecular flexibility index (Phi) is 4.34. The molecule has 0 saturated carbocycles. The van der Waals surface area contributed by atoms with Crippen molar-refractivity contribution in [2.75, 3.05) is 48.5 Å². The Morgan fingerprint density at radius 2 is 0.857 bits per heavy atom. The Morgan fingerprint density at radius 3 is 1.07 bits per heavy atom. The van der Waals surface area contributed by atoms with Crippen LogP contribution in [0.2, 0.25) is 0 Å². The first-order valence-corrected chi connectivity index (χ1v) is 12.1. The van der Waals surface area contributed by atoms with E-state index in [4.69, 9.17) is 11.5 Å². The molecule has 6 nitrogen and oxygen atoms in total. The first-order valence-electron chi connectivity index (χ1n) is 8.33. The van der Waals surface area contributed by atoms with E-state index in [-0.39, 0.29) is 20.3 Å². The molecular formula is C16H24F4N6P2. The van der Waals surface area contributed by atoms with Gasteiger partial charge in [0.05, 0.1) is 0 Å². The molecule has 156 valence electrons. The molecule has 0 atom stereocenters. The molecule has 0 unspecified atom stereocenters. The molecule has 28 heavy (non-hydrogen) atoms. The minimum absolute atomic E-state index is 0.0486. The number of nitrogens with two attached hydrogens (primary N) is 2. The number of hydrogen-bond donors (Lipinski definition) is 2. The summed E-state index contributed by atoms with van der Waals surface area (Å²) >= 11 is 0. The summed E-state index contributed by atoms with van der Waals surface area (Å²) in [5, 5.41) is 0. The van der Waals surface area contributed by atoms with Crippen molar-refractivity contribution in [2.24, 2.45) is 0 Å². The molecule has 12 heteroatoms. The van der Waals surface area contributed by atoms with Crippen molar-refractivity contribution in [3.63, 3.8) is 0 Å². The van der Waals surface area contributed by atoms with Gasteiger partial charge < -0.3 is 0 Å². The SMILES string of the molecule is CN(C)P1(F)(F)N(c2ccc(N)cc2)P(F)(F)(N(C)C)N1c1ccc(N)cc1. The summed E-state index contributed by atoms with van der Waals surface area (Å²) in [7, 11) is -8.44. The van der Waals surface area contributed by atoms with Crippen molar-refractivity contribution in [3.8, 4) is 0 Å². The number of halogens is 4. The van der Waals surface area contributed by atoms with Gasteiger partial charge >= 0.3 is 161 Å². The fourth-order valence-corrected chi connectivity index (χ4v) is 13.3. The van der Waals surface area contributed by atoms with Gasteiger partial charge in [-0.3, -0.25) is 0 Å². The van der Waals surface area contributed by atoms with Crippen LogP contribution < -0.4 is 20.3 Å². The topological polar surface area (TPSA) is 65.0 Å². The Balaban J connectivity index is 2.35. The van der Waals surface area contributed by atoms with E-state index in [1.165, 1.54) is 48.5 Å². The molecule has 0 amide bonds. The summed E-state index contributed by atoms with van der Waals surface area (Å²) < 4.78 is 67.0. The monoisotopic (exact) mass is 438 g/mol. The van der Waals surface area contributed by atoms with Crippen LogP contribution in [-0.4, -0.2) is 37.5 Å². The van der Waals surface area contributed by atoms with E-state index >= 15 is 16.8 Å². The van der Waals surface area contributed by atoms with Gasteiger partial charge in [0.2, 0.25) is 0 Å². The molecule has 1 aliphatic rings. The van der Waals surface area contributed by atoms with Crippen LogP contribution in [0, 0.1) is 0 Å². The number of anilines is 4. The number of nitrogens with zero attached hydrogens (tertiary/aromatic N) is 4. The third kappa shape index (κ3) is 2.35. The predicted octanol–water partition coefficient (Wildman–Crippen LogP) is 5.44. The number of nitrogen functional groups attached to an aromatic ring is 2. The zero-order chi connectivity index (χ0) is 21.2. The maximum atomic E-state index is 16.4. The van der Waals surface area contributed by atoms with Crippen LogP contribution in [0.15, 0.2) is 48.5 Å². The first-order chi connectivity index (χ1) is 12.7. The molecule has 1 aliphatic heterocycles. The van der Waals surface area contributed by atoms with Crippen LogP contribution in [0.25, 0.3) is 0 Å². The second-order valence-corrected chi connectivity index (χ2v) is 14.0. The summed E-state index contributed by atoms with van der Waals surface area (Å²) in [4.78, 5) is 0. The van der Waals surface area contributed by atoms with Gasteiger partial charge in [0.25, 0.3) is 0 Å². The molecule has 2 aromatic rings. The fraction of sp³-hybridized carbons (Fsp3) is 0.250. The van der Waals surface area contributed by atoms with E-state index in [1.807, 2.05) is 0 Å². The normalized spacial score (nSPS) is 24.6. The van der Waals surface area contributed by atoms with Crippen molar-refractivity contribution < 1.29 is 16.8 Å². The van der Waals surface area contributed by atoms with Crippen molar-refractivity contribution in [1.82, 2.24) is 9.34 Å². The van der Waals surface area contributed by atoms with Crippen LogP contribution >= 0.6 is 15.4 Å². The summed E-state index contributed by atoms with van der Waals surface area (Å²) in [6.07, 6.45) is 0. The van der Waals surface area contributed by atoms with Crippen molar-refractivity contribution in [1.29, 1.82) is 0 Å². The molecule has 1 saturated heterocycles. The van der Waals surface area contributed by atoms with E-state index < -0.39 is 15.4 Å². The van der Waals surface area contributed by atoms with Gasteiger partial charge in [0.1, 0.15) is 0 Å². The molecule has 0 aliphatic carbocycles. The quantitative estimate of drug-likeness (QED) is 0.377. The van der Waals surface area contributed by atoms with Crippen LogP contribution in [-0.2, 0) is 0 Å². The van der Waals surface area contributed by atoms with Crippen molar-refractivity contribution >= 4 is 38.1 Å². The van der Waals surface area contributed by atoms with Gasteiger partial charge in [-0.25, -0.2) is 0 Å². The van der Waals surface area contributed by atoms with E-state index in [0.717, 1.165) is 28.2 Å². The van der Waals surface area contributed by atoms with Crippen LogP contribution in [0.4, 0.5) is 39.5 Å². The maximum absolute atomic E-state index is 16.4. The molecule has 2 aromatic carbocycles. The Bertz CT molecular complexity index is 813. The van der Waals surface area contributed by atoms with E-state index in [0.29, 0.717) is 20.7 Å². The van der Waals surface area contributed by atoms with Crippen LogP contribution in [0.1, 0.15) is 0 Å². The van der Waals surface area contributed by atoms with Gasteiger partial charge in [0, 0.05) is 0 Å². The van der Waals surface area contributed by atoms with Crippen molar-refractivity contribution in [3.05, 3.63) is 48.5 Å². The third-order valence-electron chi connectivity index (χ3n) is 4.82. The van der Waals surface area contributed by atoms with Gasteiger partial charge in [-0.15, -0.1) is 0 Å². The van der Waals surface area contributed by atoms with Gasteiger partial charge in [-0.1, -0.05) is 0 Å². The van der Waals surface area contributed by atoms with Gasteiger partial charge in [0.15, 0.2) is 0 Å². The third-order valence-corrected chi connectivity index (χ3v) is 14.4. The average Bonchev–Trinajstić information content (AvgIpc) is 2.58. The Morgan fingerprint density at radius 1 is 0.607 bits per heavy atom. The summed E-state index contributed by atoms with van der Waals surface area (Å²) in [6, 6.07) is 10.1. The second kappa shape index (κ2) is 5.83. The minimum atomic E-state index is -6.44. The molecule has 0 aromatic heterocycles. The Hall–Kier alpha value is -1.86. The van der Waals surface area contributed by atoms with E-state index in [9.17, 15) is 0 Å². The van der Waals surface area contributed by atoms with E-state index in [1.54, 1.807) is 0 Å². The zero-order valence-corrected chi connectivity index (χ0v) is 17.8. The van der Waals surface area contributed by atoms with Crippen LogP contribution in [0.3, 0.4) is 0 Å². The second-order valence-electron chi connectivity index (χ2n) is 7.03. The number of hydrogen-bond acceptors (Lipinski definition) is 6. The average molecular weight is 438 g/mol. The number of benzene rings is 2. The molecule has 0 bridgehead atoms.